The molecule has 0 spiro atoms. The molecule has 17 heavy (non-hydrogen) atoms. The smallest absolute Gasteiger partial charge is 0.156 e. The van der Waals surface area contributed by atoms with Gasteiger partial charge in [0.25, 0.3) is 0 Å². The van der Waals surface area contributed by atoms with Crippen molar-refractivity contribution in [3.8, 4) is 0 Å². The van der Waals surface area contributed by atoms with Crippen LogP contribution in [0.2, 0.25) is 0 Å². The second-order valence-corrected chi connectivity index (χ2v) is 3.61. The molecule has 90 valence electrons. The van der Waals surface area contributed by atoms with Gasteiger partial charge in [0.15, 0.2) is 5.76 Å². The summed E-state index contributed by atoms with van der Waals surface area (Å²) < 4.78 is 5.09. The highest BCUT2D eigenvalue weighted by Gasteiger charge is 2.02. The van der Waals surface area contributed by atoms with Crippen LogP contribution in [0, 0.1) is 6.92 Å². The van der Waals surface area contributed by atoms with Gasteiger partial charge in [0.1, 0.15) is 18.0 Å². The van der Waals surface area contributed by atoms with Crippen LogP contribution in [0.5, 0.6) is 0 Å². The van der Waals surface area contributed by atoms with Crippen LogP contribution in [-0.2, 0) is 6.54 Å². The zero-order chi connectivity index (χ0) is 12.1. The van der Waals surface area contributed by atoms with Crippen molar-refractivity contribution in [2.75, 3.05) is 17.2 Å². The molecule has 0 saturated carbocycles. The number of anilines is 2. The monoisotopic (exact) mass is 233 g/mol. The Hall–Kier alpha value is -2.11. The molecule has 0 bridgehead atoms. The van der Waals surface area contributed by atoms with Crippen LogP contribution in [0.4, 0.5) is 11.6 Å². The number of nitrogens with zero attached hydrogens (tertiary/aromatic N) is 3. The molecule has 0 aromatic carbocycles. The molecule has 2 N–H and O–H groups in total. The summed E-state index contributed by atoms with van der Waals surface area (Å²) in [6, 6.07) is 3.74. The molecule has 0 saturated heterocycles. The largest absolute Gasteiger partial charge is 0.370 e. The second kappa shape index (κ2) is 5.29. The lowest BCUT2D eigenvalue weighted by Gasteiger charge is -2.05. The third-order valence-electron chi connectivity index (χ3n) is 2.15. The van der Waals surface area contributed by atoms with Gasteiger partial charge in [-0.05, 0) is 13.8 Å². The number of nitrogens with one attached hydrogen (secondary N) is 2. The lowest BCUT2D eigenvalue weighted by molar-refractivity contribution is 0.384. The standard InChI is InChI=1S/C11H15N5O/c1-3-12-10-5-11(15-7-14-10)13-6-9-4-8(2)16-17-9/h4-5,7H,3,6H2,1-2H3,(H2,12,13,14,15). The normalized spacial score (nSPS) is 10.2. The van der Waals surface area contributed by atoms with Gasteiger partial charge in [-0.2, -0.15) is 0 Å². The lowest BCUT2D eigenvalue weighted by atomic mass is 10.4. The Bertz CT molecular complexity index is 482. The van der Waals surface area contributed by atoms with Gasteiger partial charge in [0.2, 0.25) is 0 Å². The molecule has 0 aliphatic rings. The second-order valence-electron chi connectivity index (χ2n) is 3.61. The topological polar surface area (TPSA) is 75.9 Å². The third kappa shape index (κ3) is 3.17. The van der Waals surface area contributed by atoms with E-state index in [0.717, 1.165) is 29.6 Å². The minimum Gasteiger partial charge on any atom is -0.370 e. The van der Waals surface area contributed by atoms with Crippen LogP contribution in [0.1, 0.15) is 18.4 Å². The summed E-state index contributed by atoms with van der Waals surface area (Å²) in [5, 5.41) is 10.1. The van der Waals surface area contributed by atoms with Crippen LogP contribution in [0.3, 0.4) is 0 Å². The van der Waals surface area contributed by atoms with Gasteiger partial charge >= 0.3 is 0 Å². The van der Waals surface area contributed by atoms with E-state index >= 15 is 0 Å². The molecule has 0 radical (unpaired) electrons. The van der Waals surface area contributed by atoms with Crippen molar-refractivity contribution in [1.29, 1.82) is 0 Å². The maximum atomic E-state index is 5.09. The Kier molecular flexibility index (Phi) is 3.54. The predicted octanol–water partition coefficient (Wildman–Crippen LogP) is 1.82. The average Bonchev–Trinajstić information content (AvgIpc) is 2.74. The zero-order valence-electron chi connectivity index (χ0n) is 9.90. The molecule has 0 amide bonds. The van der Waals surface area contributed by atoms with Crippen molar-refractivity contribution < 1.29 is 4.52 Å². The SMILES string of the molecule is CCNc1cc(NCc2cc(C)no2)ncn1. The summed E-state index contributed by atoms with van der Waals surface area (Å²) in [6.45, 7) is 5.30. The fourth-order valence-corrected chi connectivity index (χ4v) is 1.41. The van der Waals surface area contributed by atoms with E-state index in [2.05, 4.69) is 25.8 Å². The van der Waals surface area contributed by atoms with Crippen molar-refractivity contribution in [3.05, 3.63) is 29.9 Å². The van der Waals surface area contributed by atoms with Crippen LogP contribution >= 0.6 is 0 Å². The molecule has 6 heteroatoms. The first-order valence-corrected chi connectivity index (χ1v) is 5.50. The van der Waals surface area contributed by atoms with Gasteiger partial charge in [-0.1, -0.05) is 5.16 Å². The molecule has 0 atom stereocenters. The van der Waals surface area contributed by atoms with Gasteiger partial charge in [-0.15, -0.1) is 0 Å². The Morgan fingerprint density at radius 3 is 2.59 bits per heavy atom. The van der Waals surface area contributed by atoms with Gasteiger partial charge in [0.05, 0.1) is 12.2 Å². The molecule has 2 heterocycles. The van der Waals surface area contributed by atoms with Gasteiger partial charge in [-0.3, -0.25) is 0 Å². The van der Waals surface area contributed by atoms with Crippen LogP contribution in [0.15, 0.2) is 23.0 Å². The first kappa shape index (κ1) is 11.4. The summed E-state index contributed by atoms with van der Waals surface area (Å²) in [4.78, 5) is 8.21. The van der Waals surface area contributed by atoms with Crippen molar-refractivity contribution >= 4 is 11.6 Å². The third-order valence-corrected chi connectivity index (χ3v) is 2.15. The van der Waals surface area contributed by atoms with Gasteiger partial charge in [0, 0.05) is 18.7 Å². The van der Waals surface area contributed by atoms with Crippen LogP contribution in [-0.4, -0.2) is 21.7 Å². The first-order chi connectivity index (χ1) is 8.28. The fourth-order valence-electron chi connectivity index (χ4n) is 1.41. The van der Waals surface area contributed by atoms with E-state index in [-0.39, 0.29) is 0 Å². The summed E-state index contributed by atoms with van der Waals surface area (Å²) in [5.74, 6) is 2.34. The van der Waals surface area contributed by atoms with Crippen molar-refractivity contribution in [2.45, 2.75) is 20.4 Å². The first-order valence-electron chi connectivity index (χ1n) is 5.50. The molecular formula is C11H15N5O. The predicted molar refractivity (Wildman–Crippen MR) is 64.8 cm³/mol. The number of aryl methyl sites for hydroxylation is 1. The Morgan fingerprint density at radius 1 is 1.18 bits per heavy atom. The molecule has 2 aromatic rings. The molecule has 0 aliphatic heterocycles. The fraction of sp³-hybridized carbons (Fsp3) is 0.364. The number of hydrogen-bond acceptors (Lipinski definition) is 6. The van der Waals surface area contributed by atoms with Crippen LogP contribution in [0.25, 0.3) is 0 Å². The van der Waals surface area contributed by atoms with E-state index in [1.165, 1.54) is 6.33 Å². The van der Waals surface area contributed by atoms with E-state index in [9.17, 15) is 0 Å². The minimum atomic E-state index is 0.559. The average molecular weight is 233 g/mol. The van der Waals surface area contributed by atoms with Crippen molar-refractivity contribution in [1.82, 2.24) is 15.1 Å². The van der Waals surface area contributed by atoms with Gasteiger partial charge < -0.3 is 15.2 Å². The molecule has 6 nitrogen and oxygen atoms in total. The summed E-state index contributed by atoms with van der Waals surface area (Å²) >= 11 is 0. The number of hydrogen-bond donors (Lipinski definition) is 2. The Morgan fingerprint density at radius 2 is 1.94 bits per heavy atom. The molecular weight excluding hydrogens is 218 g/mol. The highest BCUT2D eigenvalue weighted by molar-refractivity contribution is 5.46. The van der Waals surface area contributed by atoms with E-state index < -0.39 is 0 Å². The molecule has 0 aliphatic carbocycles. The van der Waals surface area contributed by atoms with Gasteiger partial charge in [-0.25, -0.2) is 9.97 Å². The molecule has 0 fully saturated rings. The van der Waals surface area contributed by atoms with Crippen molar-refractivity contribution in [3.63, 3.8) is 0 Å². The van der Waals surface area contributed by atoms with E-state index in [1.54, 1.807) is 0 Å². The number of rotatable bonds is 5. The highest BCUT2D eigenvalue weighted by atomic mass is 16.5. The highest BCUT2D eigenvalue weighted by Crippen LogP contribution is 2.10. The Labute approximate surface area is 99.5 Å². The van der Waals surface area contributed by atoms with E-state index in [0.29, 0.717) is 6.54 Å². The van der Waals surface area contributed by atoms with E-state index in [4.69, 9.17) is 4.52 Å². The van der Waals surface area contributed by atoms with Crippen molar-refractivity contribution in [2.24, 2.45) is 0 Å². The maximum Gasteiger partial charge on any atom is 0.156 e. The quantitative estimate of drug-likeness (QED) is 0.820. The van der Waals surface area contributed by atoms with E-state index in [1.807, 2.05) is 26.0 Å². The molecule has 0 unspecified atom stereocenters. The maximum absolute atomic E-state index is 5.09. The molecule has 2 rings (SSSR count). The lowest BCUT2D eigenvalue weighted by Crippen LogP contribution is -2.04. The minimum absolute atomic E-state index is 0.559. The summed E-state index contributed by atoms with van der Waals surface area (Å²) in [7, 11) is 0. The zero-order valence-corrected chi connectivity index (χ0v) is 9.90. The number of aromatic nitrogens is 3. The summed E-state index contributed by atoms with van der Waals surface area (Å²) in [6.07, 6.45) is 1.52. The van der Waals surface area contributed by atoms with Crippen LogP contribution < -0.4 is 10.6 Å². The Balaban J connectivity index is 1.96. The summed E-state index contributed by atoms with van der Waals surface area (Å²) in [5.41, 5.74) is 0.873. The molecule has 2 aromatic heterocycles.